The first kappa shape index (κ1) is 14.5. The number of halogens is 1. The van der Waals surface area contributed by atoms with Crippen molar-refractivity contribution in [3.8, 4) is 5.75 Å². The topological polar surface area (TPSA) is 34.1 Å². The van der Waals surface area contributed by atoms with Crippen LogP contribution in [0.25, 0.3) is 0 Å². The molecule has 0 bridgehead atoms. The second kappa shape index (κ2) is 6.48. The highest BCUT2D eigenvalue weighted by Crippen LogP contribution is 2.21. The molecule has 0 amide bonds. The van der Waals surface area contributed by atoms with Crippen molar-refractivity contribution in [3.05, 3.63) is 59.2 Å². The maximum Gasteiger partial charge on any atom is 0.131 e. The van der Waals surface area contributed by atoms with Gasteiger partial charge in [0.05, 0.1) is 12.8 Å². The molecule has 0 aliphatic carbocycles. The summed E-state index contributed by atoms with van der Waals surface area (Å²) in [6.07, 6.45) is 0. The molecule has 0 saturated carbocycles. The van der Waals surface area contributed by atoms with Crippen LogP contribution in [-0.2, 0) is 6.54 Å². The first-order valence-electron chi connectivity index (χ1n) is 6.59. The van der Waals surface area contributed by atoms with E-state index >= 15 is 0 Å². The van der Waals surface area contributed by atoms with Gasteiger partial charge in [-0.2, -0.15) is 0 Å². The van der Waals surface area contributed by atoms with Crippen molar-refractivity contribution >= 4 is 0 Å². The van der Waals surface area contributed by atoms with E-state index in [9.17, 15) is 4.39 Å². The fourth-order valence-corrected chi connectivity index (χ4v) is 2.05. The minimum absolute atomic E-state index is 0.0942. The van der Waals surface area contributed by atoms with Crippen molar-refractivity contribution in [3.63, 3.8) is 0 Å². The van der Waals surface area contributed by atoms with Crippen LogP contribution in [0.4, 0.5) is 4.39 Å². The molecule has 0 spiro atoms. The van der Waals surface area contributed by atoms with E-state index in [1.165, 1.54) is 13.2 Å². The van der Waals surface area contributed by atoms with Crippen LogP contribution >= 0.6 is 0 Å². The number of pyridine rings is 1. The third kappa shape index (κ3) is 3.54. The van der Waals surface area contributed by atoms with Crippen LogP contribution in [0.15, 0.2) is 36.4 Å². The normalized spacial score (nSPS) is 12.2. The number of hydrogen-bond acceptors (Lipinski definition) is 3. The molecular formula is C16H19FN2O. The summed E-state index contributed by atoms with van der Waals surface area (Å²) in [5.41, 5.74) is 2.55. The zero-order chi connectivity index (χ0) is 14.5. The second-order valence-corrected chi connectivity index (χ2v) is 4.76. The van der Waals surface area contributed by atoms with Gasteiger partial charge in [0.1, 0.15) is 11.6 Å². The van der Waals surface area contributed by atoms with Gasteiger partial charge in [-0.3, -0.25) is 4.98 Å². The lowest BCUT2D eigenvalue weighted by molar-refractivity contribution is 0.409. The Hall–Kier alpha value is -1.94. The number of nitrogens with zero attached hydrogens (tertiary/aromatic N) is 1. The largest absolute Gasteiger partial charge is 0.497 e. The van der Waals surface area contributed by atoms with Gasteiger partial charge in [-0.1, -0.05) is 12.1 Å². The molecule has 4 heteroatoms. The summed E-state index contributed by atoms with van der Waals surface area (Å²) in [4.78, 5) is 4.41. The fourth-order valence-electron chi connectivity index (χ4n) is 2.05. The Morgan fingerprint density at radius 2 is 2.10 bits per heavy atom. The molecule has 1 unspecified atom stereocenters. The molecule has 0 radical (unpaired) electrons. The number of aromatic nitrogens is 1. The highest BCUT2D eigenvalue weighted by atomic mass is 19.1. The smallest absolute Gasteiger partial charge is 0.131 e. The van der Waals surface area contributed by atoms with Crippen molar-refractivity contribution in [2.75, 3.05) is 7.11 Å². The Bertz CT molecular complexity index is 586. The number of rotatable bonds is 5. The Morgan fingerprint density at radius 3 is 2.75 bits per heavy atom. The van der Waals surface area contributed by atoms with E-state index < -0.39 is 0 Å². The summed E-state index contributed by atoms with van der Waals surface area (Å²) in [7, 11) is 1.53. The van der Waals surface area contributed by atoms with E-state index in [0.717, 1.165) is 11.4 Å². The molecule has 20 heavy (non-hydrogen) atoms. The number of benzene rings is 1. The van der Waals surface area contributed by atoms with Crippen LogP contribution in [0, 0.1) is 12.7 Å². The molecule has 1 aromatic carbocycles. The lowest BCUT2D eigenvalue weighted by Crippen LogP contribution is -2.19. The van der Waals surface area contributed by atoms with Gasteiger partial charge in [-0.05, 0) is 32.0 Å². The van der Waals surface area contributed by atoms with Gasteiger partial charge in [0, 0.05) is 29.9 Å². The standard InChI is InChI=1S/C16H19FN2O/c1-11-5-4-6-13(19-11)10-18-12(2)15-8-7-14(20-3)9-16(15)17/h4-9,12,18H,10H2,1-3H3. The SMILES string of the molecule is COc1ccc(C(C)NCc2cccc(C)n2)c(F)c1. The van der Waals surface area contributed by atoms with Crippen LogP contribution in [0.1, 0.15) is 29.9 Å². The van der Waals surface area contributed by atoms with Crippen molar-refractivity contribution in [1.82, 2.24) is 10.3 Å². The quantitative estimate of drug-likeness (QED) is 0.907. The highest BCUT2D eigenvalue weighted by molar-refractivity contribution is 5.30. The average molecular weight is 274 g/mol. The molecule has 0 aliphatic heterocycles. The monoisotopic (exact) mass is 274 g/mol. The third-order valence-corrected chi connectivity index (χ3v) is 3.21. The first-order chi connectivity index (χ1) is 9.60. The Kier molecular flexibility index (Phi) is 4.69. The Balaban J connectivity index is 2.03. The zero-order valence-electron chi connectivity index (χ0n) is 12.0. The molecule has 106 valence electrons. The molecular weight excluding hydrogens is 255 g/mol. The zero-order valence-corrected chi connectivity index (χ0v) is 12.0. The van der Waals surface area contributed by atoms with Gasteiger partial charge >= 0.3 is 0 Å². The number of ether oxygens (including phenoxy) is 1. The predicted molar refractivity (Wildman–Crippen MR) is 77.2 cm³/mol. The van der Waals surface area contributed by atoms with Crippen molar-refractivity contribution in [2.24, 2.45) is 0 Å². The summed E-state index contributed by atoms with van der Waals surface area (Å²) >= 11 is 0. The van der Waals surface area contributed by atoms with E-state index in [2.05, 4.69) is 10.3 Å². The van der Waals surface area contributed by atoms with Crippen LogP contribution < -0.4 is 10.1 Å². The molecule has 0 saturated heterocycles. The molecule has 2 rings (SSSR count). The number of hydrogen-bond donors (Lipinski definition) is 1. The number of nitrogens with one attached hydrogen (secondary N) is 1. The van der Waals surface area contributed by atoms with Gasteiger partial charge in [-0.15, -0.1) is 0 Å². The molecule has 3 nitrogen and oxygen atoms in total. The summed E-state index contributed by atoms with van der Waals surface area (Å²) in [6, 6.07) is 10.7. The van der Waals surface area contributed by atoms with E-state index in [1.807, 2.05) is 32.0 Å². The van der Waals surface area contributed by atoms with Crippen molar-refractivity contribution in [2.45, 2.75) is 26.4 Å². The van der Waals surface area contributed by atoms with Crippen molar-refractivity contribution in [1.29, 1.82) is 0 Å². The maximum absolute atomic E-state index is 13.9. The highest BCUT2D eigenvalue weighted by Gasteiger charge is 2.11. The van der Waals surface area contributed by atoms with E-state index in [0.29, 0.717) is 17.9 Å². The molecule has 0 fully saturated rings. The summed E-state index contributed by atoms with van der Waals surface area (Å²) in [5, 5.41) is 3.28. The third-order valence-electron chi connectivity index (χ3n) is 3.21. The van der Waals surface area contributed by atoms with Gasteiger partial charge in [0.25, 0.3) is 0 Å². The fraction of sp³-hybridized carbons (Fsp3) is 0.312. The average Bonchev–Trinajstić information content (AvgIpc) is 2.44. The number of methoxy groups -OCH3 is 1. The van der Waals surface area contributed by atoms with E-state index in [1.54, 1.807) is 12.1 Å². The lowest BCUT2D eigenvalue weighted by Gasteiger charge is -2.15. The van der Waals surface area contributed by atoms with Crippen LogP contribution in [0.2, 0.25) is 0 Å². The summed E-state index contributed by atoms with van der Waals surface area (Å²) in [6.45, 7) is 4.49. The molecule has 1 heterocycles. The van der Waals surface area contributed by atoms with Crippen molar-refractivity contribution < 1.29 is 9.13 Å². The number of aryl methyl sites for hydroxylation is 1. The van der Waals surface area contributed by atoms with E-state index in [-0.39, 0.29) is 11.9 Å². The van der Waals surface area contributed by atoms with Crippen LogP contribution in [-0.4, -0.2) is 12.1 Å². The van der Waals surface area contributed by atoms with Gasteiger partial charge < -0.3 is 10.1 Å². The Morgan fingerprint density at radius 1 is 1.30 bits per heavy atom. The second-order valence-electron chi connectivity index (χ2n) is 4.76. The van der Waals surface area contributed by atoms with Gasteiger partial charge in [0.2, 0.25) is 0 Å². The molecule has 1 aromatic heterocycles. The Labute approximate surface area is 118 Å². The van der Waals surface area contributed by atoms with Gasteiger partial charge in [0.15, 0.2) is 0 Å². The maximum atomic E-state index is 13.9. The lowest BCUT2D eigenvalue weighted by atomic mass is 10.1. The van der Waals surface area contributed by atoms with Crippen LogP contribution in [0.3, 0.4) is 0 Å². The summed E-state index contributed by atoms with van der Waals surface area (Å²) in [5.74, 6) is 0.264. The molecule has 1 N–H and O–H groups in total. The predicted octanol–water partition coefficient (Wildman–Crippen LogP) is 3.39. The van der Waals surface area contributed by atoms with Gasteiger partial charge in [-0.25, -0.2) is 4.39 Å². The van der Waals surface area contributed by atoms with Crippen LogP contribution in [0.5, 0.6) is 5.75 Å². The summed E-state index contributed by atoms with van der Waals surface area (Å²) < 4.78 is 18.9. The minimum atomic E-state index is -0.262. The molecule has 0 aliphatic rings. The van der Waals surface area contributed by atoms with E-state index in [4.69, 9.17) is 4.74 Å². The minimum Gasteiger partial charge on any atom is -0.497 e. The first-order valence-corrected chi connectivity index (χ1v) is 6.59. The molecule has 2 aromatic rings. The molecule has 1 atom stereocenters.